The fourth-order valence-corrected chi connectivity index (χ4v) is 2.19. The lowest BCUT2D eigenvalue weighted by Gasteiger charge is -2.18. The van der Waals surface area contributed by atoms with Gasteiger partial charge in [0.05, 0.1) is 18.1 Å². The number of rotatable bonds is 6. The van der Waals surface area contributed by atoms with E-state index >= 15 is 0 Å². The normalized spacial score (nSPS) is 12.5. The predicted molar refractivity (Wildman–Crippen MR) is 71.1 cm³/mol. The molecule has 1 aromatic heterocycles. The number of amides is 1. The van der Waals surface area contributed by atoms with Crippen LogP contribution in [0.3, 0.4) is 0 Å². The van der Waals surface area contributed by atoms with Gasteiger partial charge in [0.1, 0.15) is 0 Å². The standard InChI is InChI=1S/C12H21N3OS/c1-5-9(2)13-7-12(16)15(4)8-11-6-14-10(3)17-11/h6,9,13H,5,7-8H2,1-4H3. The molecule has 0 aromatic carbocycles. The maximum atomic E-state index is 11.8. The van der Waals surface area contributed by atoms with Crippen molar-refractivity contribution in [3.05, 3.63) is 16.1 Å². The molecule has 1 rings (SSSR count). The molecule has 1 N–H and O–H groups in total. The van der Waals surface area contributed by atoms with Crippen LogP contribution in [-0.4, -0.2) is 35.4 Å². The molecule has 0 saturated carbocycles. The van der Waals surface area contributed by atoms with Crippen LogP contribution in [-0.2, 0) is 11.3 Å². The summed E-state index contributed by atoms with van der Waals surface area (Å²) in [5.41, 5.74) is 0. The molecule has 4 nitrogen and oxygen atoms in total. The summed E-state index contributed by atoms with van der Waals surface area (Å²) in [5.74, 6) is 0.122. The van der Waals surface area contributed by atoms with E-state index in [0.29, 0.717) is 19.1 Å². The molecule has 0 saturated heterocycles. The van der Waals surface area contributed by atoms with Crippen molar-refractivity contribution in [2.45, 2.75) is 39.8 Å². The number of aryl methyl sites for hydroxylation is 1. The van der Waals surface area contributed by atoms with Gasteiger partial charge >= 0.3 is 0 Å². The molecule has 96 valence electrons. The van der Waals surface area contributed by atoms with Crippen LogP contribution in [0.2, 0.25) is 0 Å². The highest BCUT2D eigenvalue weighted by Crippen LogP contribution is 2.13. The average Bonchev–Trinajstić information content (AvgIpc) is 2.70. The SMILES string of the molecule is CCC(C)NCC(=O)N(C)Cc1cnc(C)s1. The molecule has 0 aliphatic heterocycles. The zero-order valence-corrected chi connectivity index (χ0v) is 11.8. The van der Waals surface area contributed by atoms with Gasteiger partial charge in [-0.25, -0.2) is 4.98 Å². The first-order valence-corrected chi connectivity index (χ1v) is 6.73. The monoisotopic (exact) mass is 255 g/mol. The summed E-state index contributed by atoms with van der Waals surface area (Å²) < 4.78 is 0. The molecule has 0 fully saturated rings. The van der Waals surface area contributed by atoms with Crippen LogP contribution in [0.15, 0.2) is 6.20 Å². The van der Waals surface area contributed by atoms with Gasteiger partial charge < -0.3 is 10.2 Å². The Morgan fingerprint density at radius 3 is 2.88 bits per heavy atom. The van der Waals surface area contributed by atoms with Crippen LogP contribution >= 0.6 is 11.3 Å². The predicted octanol–water partition coefficient (Wildman–Crippen LogP) is 1.80. The van der Waals surface area contributed by atoms with Crippen molar-refractivity contribution >= 4 is 17.2 Å². The zero-order chi connectivity index (χ0) is 12.8. The van der Waals surface area contributed by atoms with Crippen molar-refractivity contribution in [1.82, 2.24) is 15.2 Å². The Labute approximate surface area is 107 Å². The van der Waals surface area contributed by atoms with Crippen molar-refractivity contribution in [2.24, 2.45) is 0 Å². The lowest BCUT2D eigenvalue weighted by atomic mass is 10.2. The summed E-state index contributed by atoms with van der Waals surface area (Å²) in [5, 5.41) is 4.24. The van der Waals surface area contributed by atoms with E-state index < -0.39 is 0 Å². The Bertz CT molecular complexity index is 364. The number of hydrogen-bond donors (Lipinski definition) is 1. The number of carbonyl (C=O) groups excluding carboxylic acids is 1. The molecule has 1 atom stereocenters. The number of aromatic nitrogens is 1. The van der Waals surface area contributed by atoms with E-state index in [2.05, 4.69) is 24.1 Å². The average molecular weight is 255 g/mol. The summed E-state index contributed by atoms with van der Waals surface area (Å²) >= 11 is 1.64. The van der Waals surface area contributed by atoms with Gasteiger partial charge in [0, 0.05) is 24.2 Å². The van der Waals surface area contributed by atoms with E-state index in [4.69, 9.17) is 0 Å². The van der Waals surface area contributed by atoms with Gasteiger partial charge in [-0.3, -0.25) is 4.79 Å². The minimum Gasteiger partial charge on any atom is -0.339 e. The van der Waals surface area contributed by atoms with Crippen LogP contribution in [0.5, 0.6) is 0 Å². The number of thiazole rings is 1. The third-order valence-electron chi connectivity index (χ3n) is 2.70. The summed E-state index contributed by atoms with van der Waals surface area (Å²) in [6, 6.07) is 0.387. The lowest BCUT2D eigenvalue weighted by Crippen LogP contribution is -2.38. The first kappa shape index (κ1) is 14.1. The van der Waals surface area contributed by atoms with Gasteiger partial charge in [-0.15, -0.1) is 11.3 Å². The maximum absolute atomic E-state index is 11.8. The van der Waals surface area contributed by atoms with Crippen LogP contribution < -0.4 is 5.32 Å². The Kier molecular flexibility index (Phi) is 5.58. The van der Waals surface area contributed by atoms with Crippen LogP contribution in [0.4, 0.5) is 0 Å². The van der Waals surface area contributed by atoms with Crippen molar-refractivity contribution < 1.29 is 4.79 Å². The van der Waals surface area contributed by atoms with Crippen molar-refractivity contribution in [1.29, 1.82) is 0 Å². The van der Waals surface area contributed by atoms with Crippen molar-refractivity contribution in [3.8, 4) is 0 Å². The number of nitrogens with zero attached hydrogens (tertiary/aromatic N) is 2. The molecule has 1 unspecified atom stereocenters. The molecule has 0 spiro atoms. The van der Waals surface area contributed by atoms with Gasteiger partial charge in [0.25, 0.3) is 0 Å². The quantitative estimate of drug-likeness (QED) is 0.843. The third-order valence-corrected chi connectivity index (χ3v) is 3.60. The van der Waals surface area contributed by atoms with Crippen molar-refractivity contribution in [2.75, 3.05) is 13.6 Å². The van der Waals surface area contributed by atoms with Gasteiger partial charge in [-0.2, -0.15) is 0 Å². The number of hydrogen-bond acceptors (Lipinski definition) is 4. The zero-order valence-electron chi connectivity index (χ0n) is 11.0. The Morgan fingerprint density at radius 1 is 1.65 bits per heavy atom. The number of nitrogens with one attached hydrogen (secondary N) is 1. The smallest absolute Gasteiger partial charge is 0.236 e. The number of likely N-dealkylation sites (N-methyl/N-ethyl adjacent to an activating group) is 1. The second-order valence-corrected chi connectivity index (χ2v) is 5.60. The first-order valence-electron chi connectivity index (χ1n) is 5.91. The van der Waals surface area contributed by atoms with E-state index in [-0.39, 0.29) is 5.91 Å². The van der Waals surface area contributed by atoms with Crippen LogP contribution in [0.25, 0.3) is 0 Å². The Morgan fingerprint density at radius 2 is 2.35 bits per heavy atom. The highest BCUT2D eigenvalue weighted by molar-refractivity contribution is 7.11. The topological polar surface area (TPSA) is 45.2 Å². The van der Waals surface area contributed by atoms with Gasteiger partial charge in [-0.05, 0) is 20.3 Å². The first-order chi connectivity index (χ1) is 8.02. The molecule has 17 heavy (non-hydrogen) atoms. The van der Waals surface area contributed by atoms with E-state index in [1.165, 1.54) is 0 Å². The summed E-state index contributed by atoms with van der Waals surface area (Å²) in [4.78, 5) is 18.9. The Hall–Kier alpha value is -0.940. The second kappa shape index (κ2) is 6.71. The lowest BCUT2D eigenvalue weighted by molar-refractivity contribution is -0.129. The minimum atomic E-state index is 0.122. The molecule has 0 radical (unpaired) electrons. The van der Waals surface area contributed by atoms with Gasteiger partial charge in [-0.1, -0.05) is 6.92 Å². The molecule has 0 aliphatic rings. The van der Waals surface area contributed by atoms with E-state index in [1.54, 1.807) is 16.2 Å². The third kappa shape index (κ3) is 4.83. The summed E-state index contributed by atoms with van der Waals surface area (Å²) in [7, 11) is 1.83. The molecular formula is C12H21N3OS. The second-order valence-electron chi connectivity index (χ2n) is 4.29. The molecule has 1 heterocycles. The largest absolute Gasteiger partial charge is 0.339 e. The summed E-state index contributed by atoms with van der Waals surface area (Å²) in [6.07, 6.45) is 2.87. The van der Waals surface area contributed by atoms with Gasteiger partial charge in [0.2, 0.25) is 5.91 Å². The van der Waals surface area contributed by atoms with Crippen molar-refractivity contribution in [3.63, 3.8) is 0 Å². The molecule has 1 amide bonds. The molecule has 0 aliphatic carbocycles. The highest BCUT2D eigenvalue weighted by Gasteiger charge is 2.11. The van der Waals surface area contributed by atoms with Crippen LogP contribution in [0.1, 0.15) is 30.2 Å². The maximum Gasteiger partial charge on any atom is 0.236 e. The van der Waals surface area contributed by atoms with Crippen LogP contribution in [0, 0.1) is 6.92 Å². The van der Waals surface area contributed by atoms with E-state index in [9.17, 15) is 4.79 Å². The van der Waals surface area contributed by atoms with E-state index in [0.717, 1.165) is 16.3 Å². The molecular weight excluding hydrogens is 234 g/mol. The summed E-state index contributed by atoms with van der Waals surface area (Å²) in [6.45, 7) is 7.21. The Balaban J connectivity index is 2.36. The molecule has 1 aromatic rings. The van der Waals surface area contributed by atoms with E-state index in [1.807, 2.05) is 20.2 Å². The number of carbonyl (C=O) groups is 1. The van der Waals surface area contributed by atoms with Gasteiger partial charge in [0.15, 0.2) is 0 Å². The fraction of sp³-hybridized carbons (Fsp3) is 0.667. The molecule has 0 bridgehead atoms. The molecule has 5 heteroatoms. The highest BCUT2D eigenvalue weighted by atomic mass is 32.1. The minimum absolute atomic E-state index is 0.122. The fourth-order valence-electron chi connectivity index (χ4n) is 1.34.